The van der Waals surface area contributed by atoms with Crippen LogP contribution in [0, 0.1) is 5.92 Å². The van der Waals surface area contributed by atoms with E-state index in [0.29, 0.717) is 23.0 Å². The van der Waals surface area contributed by atoms with Crippen molar-refractivity contribution in [3.63, 3.8) is 0 Å². The van der Waals surface area contributed by atoms with Gasteiger partial charge in [-0.25, -0.2) is 18.2 Å². The van der Waals surface area contributed by atoms with Crippen molar-refractivity contribution in [2.24, 2.45) is 5.92 Å². The minimum Gasteiger partial charge on any atom is -0.465 e. The molecular weight excluding hydrogens is 276 g/mol. The van der Waals surface area contributed by atoms with E-state index < -0.39 is 15.8 Å². The molecule has 1 aliphatic heterocycles. The molecule has 1 N–H and O–H groups in total. The van der Waals surface area contributed by atoms with E-state index in [0.717, 1.165) is 0 Å². The van der Waals surface area contributed by atoms with Crippen molar-refractivity contribution in [2.75, 3.05) is 30.5 Å². The molecule has 100 valence electrons. The third kappa shape index (κ3) is 3.20. The molecule has 0 aromatic carbocycles. The van der Waals surface area contributed by atoms with Crippen LogP contribution >= 0.6 is 11.3 Å². The molecule has 2 heterocycles. The molecule has 18 heavy (non-hydrogen) atoms. The minimum atomic E-state index is -2.84. The monoisotopic (exact) mass is 290 g/mol. The van der Waals surface area contributed by atoms with E-state index in [4.69, 9.17) is 0 Å². The van der Waals surface area contributed by atoms with Crippen molar-refractivity contribution in [2.45, 2.75) is 6.42 Å². The summed E-state index contributed by atoms with van der Waals surface area (Å²) in [6.07, 6.45) is 2.13. The molecule has 1 atom stereocenters. The van der Waals surface area contributed by atoms with Gasteiger partial charge in [0.15, 0.2) is 15.0 Å². The number of ether oxygens (including phenoxy) is 1. The summed E-state index contributed by atoms with van der Waals surface area (Å²) in [6, 6.07) is 0. The lowest BCUT2D eigenvalue weighted by atomic mass is 10.1. The molecule has 2 rings (SSSR count). The first-order valence-electron chi connectivity index (χ1n) is 5.48. The fourth-order valence-corrected chi connectivity index (χ4v) is 4.42. The minimum absolute atomic E-state index is 0.125. The number of sulfone groups is 1. The number of methoxy groups -OCH3 is 1. The van der Waals surface area contributed by atoms with Gasteiger partial charge in [0.2, 0.25) is 0 Å². The fraction of sp³-hybridized carbons (Fsp3) is 0.600. The van der Waals surface area contributed by atoms with Gasteiger partial charge in [0, 0.05) is 6.54 Å². The number of carbonyl (C=O) groups is 1. The van der Waals surface area contributed by atoms with Crippen LogP contribution in [0.4, 0.5) is 5.13 Å². The number of nitrogens with zero attached hydrogens (tertiary/aromatic N) is 1. The van der Waals surface area contributed by atoms with Crippen LogP contribution < -0.4 is 5.32 Å². The number of thiazole rings is 1. The molecule has 0 bridgehead atoms. The highest BCUT2D eigenvalue weighted by atomic mass is 32.2. The van der Waals surface area contributed by atoms with Crippen molar-refractivity contribution < 1.29 is 17.9 Å². The van der Waals surface area contributed by atoms with E-state index in [1.807, 2.05) is 0 Å². The van der Waals surface area contributed by atoms with Crippen LogP contribution in [0.3, 0.4) is 0 Å². The van der Waals surface area contributed by atoms with E-state index in [1.165, 1.54) is 24.6 Å². The number of rotatable bonds is 4. The zero-order chi connectivity index (χ0) is 13.2. The van der Waals surface area contributed by atoms with E-state index in [1.54, 1.807) is 0 Å². The Bertz CT molecular complexity index is 538. The van der Waals surface area contributed by atoms with Crippen LogP contribution in [0.5, 0.6) is 0 Å². The zero-order valence-corrected chi connectivity index (χ0v) is 11.5. The van der Waals surface area contributed by atoms with Gasteiger partial charge in [-0.15, -0.1) is 0 Å². The molecule has 1 unspecified atom stereocenters. The van der Waals surface area contributed by atoms with Crippen LogP contribution in [0.2, 0.25) is 0 Å². The topological polar surface area (TPSA) is 85.4 Å². The summed E-state index contributed by atoms with van der Waals surface area (Å²) < 4.78 is 27.1. The van der Waals surface area contributed by atoms with Crippen molar-refractivity contribution in [3.8, 4) is 0 Å². The highest BCUT2D eigenvalue weighted by molar-refractivity contribution is 7.91. The lowest BCUT2D eigenvalue weighted by Crippen LogP contribution is -2.15. The first kappa shape index (κ1) is 13.3. The predicted molar refractivity (Wildman–Crippen MR) is 68.7 cm³/mol. The molecule has 1 aliphatic rings. The molecule has 0 spiro atoms. The number of esters is 1. The SMILES string of the molecule is COC(=O)c1cnc(NCC2CCS(=O)(=O)C2)s1. The largest absolute Gasteiger partial charge is 0.465 e. The van der Waals surface area contributed by atoms with Crippen LogP contribution in [-0.2, 0) is 14.6 Å². The van der Waals surface area contributed by atoms with Crippen molar-refractivity contribution in [3.05, 3.63) is 11.1 Å². The lowest BCUT2D eigenvalue weighted by molar-refractivity contribution is 0.0606. The lowest BCUT2D eigenvalue weighted by Gasteiger charge is -2.07. The number of carbonyl (C=O) groups excluding carboxylic acids is 1. The van der Waals surface area contributed by atoms with Gasteiger partial charge in [0.25, 0.3) is 0 Å². The maximum atomic E-state index is 11.3. The maximum absolute atomic E-state index is 11.3. The molecule has 1 aromatic heterocycles. The van der Waals surface area contributed by atoms with E-state index in [9.17, 15) is 13.2 Å². The van der Waals surface area contributed by atoms with E-state index in [-0.39, 0.29) is 17.4 Å². The molecule has 6 nitrogen and oxygen atoms in total. The summed E-state index contributed by atoms with van der Waals surface area (Å²) in [5, 5.41) is 3.67. The number of hydrogen-bond acceptors (Lipinski definition) is 7. The van der Waals surface area contributed by atoms with E-state index >= 15 is 0 Å². The van der Waals surface area contributed by atoms with Gasteiger partial charge in [0.1, 0.15) is 4.88 Å². The number of anilines is 1. The average molecular weight is 290 g/mol. The Kier molecular flexibility index (Phi) is 3.86. The molecule has 0 aliphatic carbocycles. The van der Waals surface area contributed by atoms with Gasteiger partial charge in [0.05, 0.1) is 24.8 Å². The van der Waals surface area contributed by atoms with Crippen molar-refractivity contribution >= 4 is 32.3 Å². The summed E-state index contributed by atoms with van der Waals surface area (Å²) in [7, 11) is -1.53. The highest BCUT2D eigenvalue weighted by Crippen LogP contribution is 2.22. The van der Waals surface area contributed by atoms with Crippen molar-refractivity contribution in [1.82, 2.24) is 4.98 Å². The van der Waals surface area contributed by atoms with Crippen LogP contribution in [0.25, 0.3) is 0 Å². The van der Waals surface area contributed by atoms with Crippen molar-refractivity contribution in [1.29, 1.82) is 0 Å². The van der Waals surface area contributed by atoms with Gasteiger partial charge >= 0.3 is 5.97 Å². The Morgan fingerprint density at radius 2 is 2.44 bits per heavy atom. The third-order valence-electron chi connectivity index (χ3n) is 2.76. The Labute approximate surface area is 109 Å². The molecule has 0 amide bonds. The molecule has 1 aromatic rings. The Morgan fingerprint density at radius 3 is 3.06 bits per heavy atom. The van der Waals surface area contributed by atoms with Gasteiger partial charge in [-0.3, -0.25) is 0 Å². The number of aromatic nitrogens is 1. The summed E-state index contributed by atoms with van der Waals surface area (Å²) in [5.41, 5.74) is 0. The van der Waals surface area contributed by atoms with Gasteiger partial charge in [-0.1, -0.05) is 11.3 Å². The molecule has 8 heteroatoms. The molecule has 0 radical (unpaired) electrons. The number of nitrogens with one attached hydrogen (secondary N) is 1. The zero-order valence-electron chi connectivity index (χ0n) is 9.88. The van der Waals surface area contributed by atoms with Crippen LogP contribution in [-0.4, -0.2) is 44.5 Å². The predicted octanol–water partition coefficient (Wildman–Crippen LogP) is 0.776. The molecule has 1 saturated heterocycles. The summed E-state index contributed by atoms with van der Waals surface area (Å²) >= 11 is 1.20. The van der Waals surface area contributed by atoms with Gasteiger partial charge < -0.3 is 10.1 Å². The molecule has 1 fully saturated rings. The van der Waals surface area contributed by atoms with Gasteiger partial charge in [-0.05, 0) is 12.3 Å². The third-order valence-corrected chi connectivity index (χ3v) is 5.53. The normalized spacial score (nSPS) is 21.7. The van der Waals surface area contributed by atoms with Crippen LogP contribution in [0.15, 0.2) is 6.20 Å². The molecular formula is C10H14N2O4S2. The summed E-state index contributed by atoms with van der Waals surface area (Å²) in [4.78, 5) is 15.7. The Hall–Kier alpha value is -1.15. The average Bonchev–Trinajstić information content (AvgIpc) is 2.92. The smallest absolute Gasteiger partial charge is 0.349 e. The Morgan fingerprint density at radius 1 is 1.67 bits per heavy atom. The fourth-order valence-electron chi connectivity index (χ4n) is 1.82. The first-order valence-corrected chi connectivity index (χ1v) is 8.12. The summed E-state index contributed by atoms with van der Waals surface area (Å²) in [5.74, 6) is 0.212. The number of hydrogen-bond donors (Lipinski definition) is 1. The summed E-state index contributed by atoms with van der Waals surface area (Å²) in [6.45, 7) is 0.563. The Balaban J connectivity index is 1.87. The van der Waals surface area contributed by atoms with Gasteiger partial charge in [-0.2, -0.15) is 0 Å². The maximum Gasteiger partial charge on any atom is 0.349 e. The molecule has 0 saturated carbocycles. The second-order valence-electron chi connectivity index (χ2n) is 4.17. The second-order valence-corrected chi connectivity index (χ2v) is 7.43. The highest BCUT2D eigenvalue weighted by Gasteiger charge is 2.27. The quantitative estimate of drug-likeness (QED) is 0.825. The standard InChI is InChI=1S/C10H14N2O4S2/c1-16-9(13)8-5-12-10(17-8)11-4-7-2-3-18(14,15)6-7/h5,7H,2-4,6H2,1H3,(H,11,12). The van der Waals surface area contributed by atoms with Crippen LogP contribution in [0.1, 0.15) is 16.1 Å². The van der Waals surface area contributed by atoms with E-state index in [2.05, 4.69) is 15.0 Å². The first-order chi connectivity index (χ1) is 8.50. The second kappa shape index (κ2) is 5.23.